The molecule has 6 nitrogen and oxygen atoms in total. The number of rotatable bonds is 5. The molecule has 0 unspecified atom stereocenters. The molecule has 0 fully saturated rings. The predicted molar refractivity (Wildman–Crippen MR) is 94.2 cm³/mol. The summed E-state index contributed by atoms with van der Waals surface area (Å²) in [5.74, 6) is -1.05. The number of carbonyl (C=O) groups excluding carboxylic acids is 2. The minimum atomic E-state index is -1.03. The van der Waals surface area contributed by atoms with Crippen molar-refractivity contribution >= 4 is 17.6 Å². The van der Waals surface area contributed by atoms with Gasteiger partial charge in [0.05, 0.1) is 0 Å². The summed E-state index contributed by atoms with van der Waals surface area (Å²) < 4.78 is 5.53. The van der Waals surface area contributed by atoms with Crippen LogP contribution in [0.2, 0.25) is 0 Å². The second-order valence-corrected chi connectivity index (χ2v) is 6.14. The van der Waals surface area contributed by atoms with E-state index in [0.717, 1.165) is 16.8 Å². The molecular formula is C19H22N2O4. The van der Waals surface area contributed by atoms with Crippen LogP contribution >= 0.6 is 0 Å². The molecule has 0 saturated heterocycles. The molecule has 0 saturated carbocycles. The first kappa shape index (κ1) is 18.4. The fraction of sp³-hybridized carbons (Fsp3) is 0.316. The number of amides is 1. The molecule has 2 rings (SSSR count). The van der Waals surface area contributed by atoms with E-state index in [9.17, 15) is 14.8 Å². The Hall–Kier alpha value is -2.89. The summed E-state index contributed by atoms with van der Waals surface area (Å²) in [4.78, 5) is 24.5. The van der Waals surface area contributed by atoms with Gasteiger partial charge in [0.25, 0.3) is 5.91 Å². The van der Waals surface area contributed by atoms with E-state index in [1.165, 1.54) is 25.3 Å². The molecule has 1 aromatic carbocycles. The minimum absolute atomic E-state index is 0.166. The van der Waals surface area contributed by atoms with Crippen molar-refractivity contribution < 1.29 is 19.1 Å². The summed E-state index contributed by atoms with van der Waals surface area (Å²) in [5, 5.41) is 14.4. The zero-order valence-electron chi connectivity index (χ0n) is 14.8. The van der Waals surface area contributed by atoms with Gasteiger partial charge in [-0.05, 0) is 37.0 Å². The number of esters is 1. The molecule has 0 aliphatic carbocycles. The van der Waals surface area contributed by atoms with Crippen LogP contribution in [0.3, 0.4) is 0 Å². The van der Waals surface area contributed by atoms with Crippen LogP contribution in [0.4, 0.5) is 5.69 Å². The number of nitrogens with zero attached hydrogens (tertiary/aromatic N) is 1. The zero-order valence-corrected chi connectivity index (χ0v) is 14.8. The largest absolute Gasteiger partial charge is 0.618 e. The Morgan fingerprint density at radius 3 is 2.48 bits per heavy atom. The van der Waals surface area contributed by atoms with Gasteiger partial charge < -0.3 is 15.3 Å². The summed E-state index contributed by atoms with van der Waals surface area (Å²) in [5.41, 5.74) is 2.50. The normalized spacial score (nSPS) is 11.9. The van der Waals surface area contributed by atoms with Gasteiger partial charge in [-0.15, -0.1) is 0 Å². The number of hydrogen-bond donors (Lipinski definition) is 1. The minimum Gasteiger partial charge on any atom is -0.618 e. The van der Waals surface area contributed by atoms with Crippen molar-refractivity contribution in [2.45, 2.75) is 39.7 Å². The molecule has 0 bridgehead atoms. The number of para-hydroxylation sites is 1. The maximum absolute atomic E-state index is 12.4. The Morgan fingerprint density at radius 2 is 1.84 bits per heavy atom. The lowest BCUT2D eigenvalue weighted by Crippen LogP contribution is -2.37. The fourth-order valence-corrected chi connectivity index (χ4v) is 2.43. The van der Waals surface area contributed by atoms with Gasteiger partial charge in [0, 0.05) is 17.8 Å². The second kappa shape index (κ2) is 7.79. The van der Waals surface area contributed by atoms with E-state index in [4.69, 9.17) is 4.74 Å². The molecule has 0 radical (unpaired) electrons. The first-order valence-corrected chi connectivity index (χ1v) is 8.10. The third-order valence-corrected chi connectivity index (χ3v) is 3.86. The molecule has 1 aromatic heterocycles. The van der Waals surface area contributed by atoms with E-state index in [0.29, 0.717) is 4.73 Å². The molecule has 1 heterocycles. The van der Waals surface area contributed by atoms with Crippen LogP contribution in [-0.4, -0.2) is 18.0 Å². The Balaban J connectivity index is 2.12. The lowest BCUT2D eigenvalue weighted by atomic mass is 9.98. The Bertz CT molecular complexity index is 787. The molecule has 1 atom stereocenters. The van der Waals surface area contributed by atoms with E-state index in [1.807, 2.05) is 39.0 Å². The quantitative estimate of drug-likeness (QED) is 0.514. The highest BCUT2D eigenvalue weighted by molar-refractivity contribution is 5.97. The van der Waals surface area contributed by atoms with Gasteiger partial charge in [0.2, 0.25) is 0 Å². The summed E-state index contributed by atoms with van der Waals surface area (Å²) in [6, 6.07) is 10.2. The van der Waals surface area contributed by atoms with Crippen LogP contribution in [0.25, 0.3) is 0 Å². The number of carbonyl (C=O) groups is 2. The Morgan fingerprint density at radius 1 is 1.12 bits per heavy atom. The van der Waals surface area contributed by atoms with Crippen molar-refractivity contribution in [3.05, 3.63) is 64.6 Å². The average molecular weight is 342 g/mol. The van der Waals surface area contributed by atoms with Crippen molar-refractivity contribution in [3.8, 4) is 0 Å². The number of benzene rings is 1. The van der Waals surface area contributed by atoms with E-state index in [2.05, 4.69) is 5.32 Å². The van der Waals surface area contributed by atoms with Gasteiger partial charge in [0.1, 0.15) is 0 Å². The first-order chi connectivity index (χ1) is 11.8. The lowest BCUT2D eigenvalue weighted by molar-refractivity contribution is -0.608. The van der Waals surface area contributed by atoms with Crippen LogP contribution < -0.4 is 10.0 Å². The molecule has 0 spiro atoms. The maximum Gasteiger partial charge on any atom is 0.405 e. The molecular weight excluding hydrogens is 320 g/mol. The smallest absolute Gasteiger partial charge is 0.405 e. The van der Waals surface area contributed by atoms with Crippen molar-refractivity contribution in [1.29, 1.82) is 0 Å². The third kappa shape index (κ3) is 4.35. The molecule has 2 aromatic rings. The van der Waals surface area contributed by atoms with Crippen LogP contribution in [0, 0.1) is 12.1 Å². The third-order valence-electron chi connectivity index (χ3n) is 3.86. The molecule has 1 amide bonds. The van der Waals surface area contributed by atoms with Crippen LogP contribution in [0.15, 0.2) is 42.6 Å². The van der Waals surface area contributed by atoms with Crippen LogP contribution in [0.1, 0.15) is 48.3 Å². The van der Waals surface area contributed by atoms with Gasteiger partial charge in [-0.1, -0.05) is 32.0 Å². The van der Waals surface area contributed by atoms with Crippen molar-refractivity contribution in [2.24, 2.45) is 0 Å². The van der Waals surface area contributed by atoms with E-state index < -0.39 is 18.0 Å². The predicted octanol–water partition coefficient (Wildman–Crippen LogP) is 2.94. The van der Waals surface area contributed by atoms with Gasteiger partial charge >= 0.3 is 11.7 Å². The van der Waals surface area contributed by atoms with Crippen molar-refractivity contribution in [3.63, 3.8) is 0 Å². The fourth-order valence-electron chi connectivity index (χ4n) is 2.43. The molecule has 132 valence electrons. The van der Waals surface area contributed by atoms with Crippen LogP contribution in [-0.2, 0) is 9.53 Å². The Kier molecular flexibility index (Phi) is 5.75. The Labute approximate surface area is 147 Å². The van der Waals surface area contributed by atoms with E-state index >= 15 is 0 Å². The number of ether oxygens (including phenoxy) is 1. The lowest BCUT2D eigenvalue weighted by Gasteiger charge is -2.18. The molecule has 1 N–H and O–H groups in total. The number of hydrogen-bond acceptors (Lipinski definition) is 4. The number of aryl methyl sites for hydroxylation is 1. The van der Waals surface area contributed by atoms with Gasteiger partial charge in [-0.2, -0.15) is 4.73 Å². The molecule has 0 aliphatic heterocycles. The number of nitrogens with one attached hydrogen (secondary N) is 1. The molecule has 6 heteroatoms. The number of aromatic nitrogens is 1. The zero-order chi connectivity index (χ0) is 18.6. The van der Waals surface area contributed by atoms with Gasteiger partial charge in [0.15, 0.2) is 12.3 Å². The van der Waals surface area contributed by atoms with Gasteiger partial charge in [-0.25, -0.2) is 4.79 Å². The molecule has 25 heavy (non-hydrogen) atoms. The van der Waals surface area contributed by atoms with Gasteiger partial charge in [-0.3, -0.25) is 4.79 Å². The standard InChI is InChI=1S/C19H22N2O4/c1-12(2)15-9-7-8-13(3)17(15)20-18(22)14(4)25-19(23)16-10-5-6-11-21(16)24/h5-12,14H,1-4H3,(H,20,22)/t14-/m0/s1. The highest BCUT2D eigenvalue weighted by Crippen LogP contribution is 2.27. The summed E-state index contributed by atoms with van der Waals surface area (Å²) in [6.07, 6.45) is 0.163. The topological polar surface area (TPSA) is 82.3 Å². The summed E-state index contributed by atoms with van der Waals surface area (Å²) in [7, 11) is 0. The SMILES string of the molecule is Cc1cccc(C(C)C)c1NC(=O)[C@H](C)OC(=O)c1cccc[n+]1[O-]. The summed E-state index contributed by atoms with van der Waals surface area (Å²) >= 11 is 0. The second-order valence-electron chi connectivity index (χ2n) is 6.14. The van der Waals surface area contributed by atoms with Crippen LogP contribution in [0.5, 0.6) is 0 Å². The maximum atomic E-state index is 12.4. The van der Waals surface area contributed by atoms with E-state index in [1.54, 1.807) is 6.07 Å². The highest BCUT2D eigenvalue weighted by Gasteiger charge is 2.24. The van der Waals surface area contributed by atoms with Crippen molar-refractivity contribution in [2.75, 3.05) is 5.32 Å². The monoisotopic (exact) mass is 342 g/mol. The first-order valence-electron chi connectivity index (χ1n) is 8.10. The van der Waals surface area contributed by atoms with Crippen molar-refractivity contribution in [1.82, 2.24) is 0 Å². The number of anilines is 1. The summed E-state index contributed by atoms with van der Waals surface area (Å²) in [6.45, 7) is 7.45. The van der Waals surface area contributed by atoms with E-state index in [-0.39, 0.29) is 11.6 Å². The average Bonchev–Trinajstić information content (AvgIpc) is 2.56. The number of pyridine rings is 1. The highest BCUT2D eigenvalue weighted by atomic mass is 16.6. The molecule has 0 aliphatic rings.